The van der Waals surface area contributed by atoms with Gasteiger partial charge in [-0.05, 0) is 17.5 Å². The summed E-state index contributed by atoms with van der Waals surface area (Å²) in [5, 5.41) is 9.57. The summed E-state index contributed by atoms with van der Waals surface area (Å²) >= 11 is 5.79. The van der Waals surface area contributed by atoms with Crippen LogP contribution in [0.4, 0.5) is 4.39 Å². The summed E-state index contributed by atoms with van der Waals surface area (Å²) in [4.78, 5) is 0. The summed E-state index contributed by atoms with van der Waals surface area (Å²) in [6.45, 7) is 0. The highest BCUT2D eigenvalue weighted by molar-refractivity contribution is 6.16. The Morgan fingerprint density at radius 3 is 2.53 bits per heavy atom. The van der Waals surface area contributed by atoms with E-state index in [4.69, 9.17) is 11.6 Å². The molecule has 1 heterocycles. The molecule has 0 aliphatic heterocycles. The molecule has 0 fully saturated rings. The van der Waals surface area contributed by atoms with E-state index >= 15 is 0 Å². The third kappa shape index (κ3) is 1.88. The highest BCUT2D eigenvalue weighted by Crippen LogP contribution is 2.29. The van der Waals surface area contributed by atoms with Crippen LogP contribution in [0.1, 0.15) is 5.82 Å². The predicted octanol–water partition coefficient (Wildman–Crippen LogP) is 3.51. The molecule has 0 saturated carbocycles. The van der Waals surface area contributed by atoms with Gasteiger partial charge in [-0.3, -0.25) is 0 Å². The van der Waals surface area contributed by atoms with Crippen molar-refractivity contribution < 1.29 is 4.39 Å². The van der Waals surface area contributed by atoms with Gasteiger partial charge in [-0.25, -0.2) is 4.39 Å². The van der Waals surface area contributed by atoms with E-state index in [1.807, 2.05) is 29.8 Å². The molecular formula is C14H11ClFN3. The number of benzene rings is 2. The Hall–Kier alpha value is -1.94. The Balaban J connectivity index is 2.31. The van der Waals surface area contributed by atoms with Gasteiger partial charge in [0, 0.05) is 18.0 Å². The maximum atomic E-state index is 13.8. The predicted molar refractivity (Wildman–Crippen MR) is 73.5 cm³/mol. The van der Waals surface area contributed by atoms with Gasteiger partial charge in [0.05, 0.1) is 5.88 Å². The molecule has 0 atom stereocenters. The van der Waals surface area contributed by atoms with Gasteiger partial charge in [-0.15, -0.1) is 21.8 Å². The fraction of sp³-hybridized carbons (Fsp3) is 0.143. The lowest BCUT2D eigenvalue weighted by Gasteiger charge is -2.07. The zero-order valence-electron chi connectivity index (χ0n) is 10.3. The van der Waals surface area contributed by atoms with Crippen molar-refractivity contribution in [1.82, 2.24) is 14.8 Å². The van der Waals surface area contributed by atoms with Gasteiger partial charge >= 0.3 is 0 Å². The lowest BCUT2D eigenvalue weighted by Crippen LogP contribution is -1.98. The van der Waals surface area contributed by atoms with E-state index in [2.05, 4.69) is 10.2 Å². The average Bonchev–Trinajstić information content (AvgIpc) is 2.81. The lowest BCUT2D eigenvalue weighted by atomic mass is 10.0. The Morgan fingerprint density at radius 1 is 1.11 bits per heavy atom. The van der Waals surface area contributed by atoms with Gasteiger partial charge in [0.15, 0.2) is 5.82 Å². The van der Waals surface area contributed by atoms with Crippen molar-refractivity contribution >= 4 is 22.4 Å². The van der Waals surface area contributed by atoms with Crippen molar-refractivity contribution in [1.29, 1.82) is 0 Å². The van der Waals surface area contributed by atoms with Crippen LogP contribution in [0.25, 0.3) is 22.2 Å². The number of aromatic nitrogens is 3. The SMILES string of the molecule is Cn1c(CCl)nnc1-c1ccc(F)c2ccccc12. The second-order valence-corrected chi connectivity index (χ2v) is 4.54. The summed E-state index contributed by atoms with van der Waals surface area (Å²) in [6, 6.07) is 10.5. The minimum Gasteiger partial charge on any atom is -0.313 e. The summed E-state index contributed by atoms with van der Waals surface area (Å²) in [5.74, 6) is 1.43. The third-order valence-electron chi connectivity index (χ3n) is 3.20. The van der Waals surface area contributed by atoms with Gasteiger partial charge in [-0.1, -0.05) is 24.3 Å². The minimum absolute atomic E-state index is 0.237. The summed E-state index contributed by atoms with van der Waals surface area (Å²) in [7, 11) is 1.85. The van der Waals surface area contributed by atoms with Crippen molar-refractivity contribution in [3.8, 4) is 11.4 Å². The van der Waals surface area contributed by atoms with E-state index in [9.17, 15) is 4.39 Å². The normalized spacial score (nSPS) is 11.1. The van der Waals surface area contributed by atoms with Crippen molar-refractivity contribution in [3.05, 3.63) is 48.0 Å². The third-order valence-corrected chi connectivity index (χ3v) is 3.44. The van der Waals surface area contributed by atoms with E-state index in [1.165, 1.54) is 6.07 Å². The number of fused-ring (bicyclic) bond motifs is 1. The monoisotopic (exact) mass is 275 g/mol. The van der Waals surface area contributed by atoms with Crippen LogP contribution >= 0.6 is 11.6 Å². The molecule has 0 aliphatic carbocycles. The largest absolute Gasteiger partial charge is 0.313 e. The second-order valence-electron chi connectivity index (χ2n) is 4.27. The molecule has 0 amide bonds. The van der Waals surface area contributed by atoms with Crippen molar-refractivity contribution in [3.63, 3.8) is 0 Å². The maximum absolute atomic E-state index is 13.8. The molecular weight excluding hydrogens is 265 g/mol. The molecule has 3 aromatic rings. The summed E-state index contributed by atoms with van der Waals surface area (Å²) in [5.41, 5.74) is 0.850. The first-order valence-corrected chi connectivity index (χ1v) is 6.37. The van der Waals surface area contributed by atoms with E-state index in [0.29, 0.717) is 22.9 Å². The molecule has 19 heavy (non-hydrogen) atoms. The highest BCUT2D eigenvalue weighted by Gasteiger charge is 2.14. The molecule has 0 bridgehead atoms. The van der Waals surface area contributed by atoms with Gasteiger partial charge in [-0.2, -0.15) is 0 Å². The van der Waals surface area contributed by atoms with Gasteiger partial charge in [0.25, 0.3) is 0 Å². The van der Waals surface area contributed by atoms with Gasteiger partial charge < -0.3 is 4.57 Å². The first-order chi connectivity index (χ1) is 9.22. The zero-order valence-corrected chi connectivity index (χ0v) is 11.0. The van der Waals surface area contributed by atoms with Crippen LogP contribution in [0.5, 0.6) is 0 Å². The van der Waals surface area contributed by atoms with E-state index in [-0.39, 0.29) is 5.82 Å². The second kappa shape index (κ2) is 4.63. The molecule has 0 spiro atoms. The van der Waals surface area contributed by atoms with Crippen LogP contribution in [0.2, 0.25) is 0 Å². The first kappa shape index (κ1) is 12.1. The molecule has 0 unspecified atom stereocenters. The number of alkyl halides is 1. The maximum Gasteiger partial charge on any atom is 0.164 e. The number of halogens is 2. The first-order valence-electron chi connectivity index (χ1n) is 5.84. The van der Waals surface area contributed by atoms with E-state index in [1.54, 1.807) is 12.1 Å². The van der Waals surface area contributed by atoms with Crippen molar-refractivity contribution in [2.75, 3.05) is 0 Å². The number of nitrogens with zero attached hydrogens (tertiary/aromatic N) is 3. The highest BCUT2D eigenvalue weighted by atomic mass is 35.5. The molecule has 0 aliphatic rings. The smallest absolute Gasteiger partial charge is 0.164 e. The van der Waals surface area contributed by atoms with Gasteiger partial charge in [0.1, 0.15) is 11.6 Å². The van der Waals surface area contributed by atoms with Crippen LogP contribution in [0.3, 0.4) is 0 Å². The van der Waals surface area contributed by atoms with Crippen LogP contribution in [-0.4, -0.2) is 14.8 Å². The lowest BCUT2D eigenvalue weighted by molar-refractivity contribution is 0.640. The van der Waals surface area contributed by atoms with E-state index < -0.39 is 0 Å². The molecule has 3 rings (SSSR count). The van der Waals surface area contributed by atoms with Crippen LogP contribution in [0, 0.1) is 5.82 Å². The molecule has 1 aromatic heterocycles. The van der Waals surface area contributed by atoms with Crippen LogP contribution in [0.15, 0.2) is 36.4 Å². The number of hydrogen-bond donors (Lipinski definition) is 0. The summed E-state index contributed by atoms with van der Waals surface area (Å²) < 4.78 is 15.6. The van der Waals surface area contributed by atoms with E-state index in [0.717, 1.165) is 10.9 Å². The Labute approximate surface area is 114 Å². The molecule has 0 N–H and O–H groups in total. The molecule has 0 radical (unpaired) electrons. The Kier molecular flexibility index (Phi) is 2.95. The molecule has 0 saturated heterocycles. The van der Waals surface area contributed by atoms with Crippen molar-refractivity contribution in [2.45, 2.75) is 5.88 Å². The van der Waals surface area contributed by atoms with Crippen molar-refractivity contribution in [2.24, 2.45) is 7.05 Å². The average molecular weight is 276 g/mol. The topological polar surface area (TPSA) is 30.7 Å². The molecule has 3 nitrogen and oxygen atoms in total. The Bertz CT molecular complexity index is 752. The molecule has 5 heteroatoms. The quantitative estimate of drug-likeness (QED) is 0.670. The minimum atomic E-state index is -0.237. The standard InChI is InChI=1S/C14H11ClFN3/c1-19-13(8-15)17-18-14(19)11-6-7-12(16)10-5-3-2-4-9(10)11/h2-7H,8H2,1H3. The summed E-state index contributed by atoms with van der Waals surface area (Å²) in [6.07, 6.45) is 0. The van der Waals surface area contributed by atoms with Crippen LogP contribution < -0.4 is 0 Å². The molecule has 2 aromatic carbocycles. The number of rotatable bonds is 2. The fourth-order valence-electron chi connectivity index (χ4n) is 2.17. The van der Waals surface area contributed by atoms with Gasteiger partial charge in [0.2, 0.25) is 0 Å². The Morgan fingerprint density at radius 2 is 1.84 bits per heavy atom. The zero-order chi connectivity index (χ0) is 13.4. The molecule has 96 valence electrons. The number of hydrogen-bond acceptors (Lipinski definition) is 2. The fourth-order valence-corrected chi connectivity index (χ4v) is 2.40. The van der Waals surface area contributed by atoms with Crippen LogP contribution in [-0.2, 0) is 12.9 Å².